The summed E-state index contributed by atoms with van der Waals surface area (Å²) in [6.07, 6.45) is 0. The van der Waals surface area contributed by atoms with E-state index in [-0.39, 0.29) is 11.8 Å². The summed E-state index contributed by atoms with van der Waals surface area (Å²) in [5.41, 5.74) is 4.20. The van der Waals surface area contributed by atoms with Crippen LogP contribution < -0.4 is 0 Å². The highest BCUT2D eigenvalue weighted by atomic mass is 32.2. The van der Waals surface area contributed by atoms with Crippen LogP contribution in [0.3, 0.4) is 0 Å². The zero-order valence-electron chi connectivity index (χ0n) is 16.4. The molecule has 0 radical (unpaired) electrons. The summed E-state index contributed by atoms with van der Waals surface area (Å²) in [5, 5.41) is -0.635. The first-order valence-electron chi connectivity index (χ1n) is 10.2. The average molecular weight is 411 g/mol. The van der Waals surface area contributed by atoms with Crippen LogP contribution in [0, 0.1) is 0 Å². The molecular formula is C27H22O2S. The van der Waals surface area contributed by atoms with Gasteiger partial charge in [0.15, 0.2) is 9.84 Å². The lowest BCUT2D eigenvalue weighted by atomic mass is 9.82. The fourth-order valence-electron chi connectivity index (χ4n) is 4.82. The average Bonchev–Trinajstić information content (AvgIpc) is 3.17. The summed E-state index contributed by atoms with van der Waals surface area (Å²) in [6, 6.07) is 37.2. The Morgan fingerprint density at radius 2 is 0.967 bits per heavy atom. The third-order valence-corrected chi connectivity index (χ3v) is 8.22. The van der Waals surface area contributed by atoms with E-state index in [1.165, 1.54) is 0 Å². The van der Waals surface area contributed by atoms with Gasteiger partial charge in [-0.3, -0.25) is 0 Å². The van der Waals surface area contributed by atoms with Crippen molar-refractivity contribution in [2.45, 2.75) is 22.0 Å². The molecule has 1 aliphatic carbocycles. The quantitative estimate of drug-likeness (QED) is 0.405. The van der Waals surface area contributed by atoms with Crippen LogP contribution in [0.15, 0.2) is 120 Å². The van der Waals surface area contributed by atoms with Crippen molar-refractivity contribution in [1.29, 1.82) is 0 Å². The second-order valence-corrected chi connectivity index (χ2v) is 9.80. The maximum absolute atomic E-state index is 14.0. The van der Waals surface area contributed by atoms with Gasteiger partial charge < -0.3 is 0 Å². The molecule has 4 aromatic carbocycles. The van der Waals surface area contributed by atoms with Crippen molar-refractivity contribution >= 4 is 9.84 Å². The maximum Gasteiger partial charge on any atom is 0.186 e. The Morgan fingerprint density at radius 1 is 0.500 bits per heavy atom. The SMILES string of the molecule is O=S(=O)(c1ccccc1)C1c2ccccc2C(c2ccccc2)C1c1ccccc1. The Hall–Kier alpha value is -3.17. The minimum absolute atomic E-state index is 0.0201. The molecule has 0 bridgehead atoms. The van der Waals surface area contributed by atoms with Gasteiger partial charge in [-0.15, -0.1) is 0 Å². The Balaban J connectivity index is 1.78. The summed E-state index contributed by atoms with van der Waals surface area (Å²) in [5.74, 6) is -0.218. The molecule has 0 aromatic heterocycles. The van der Waals surface area contributed by atoms with Crippen LogP contribution in [0.4, 0.5) is 0 Å². The van der Waals surface area contributed by atoms with Gasteiger partial charge >= 0.3 is 0 Å². The monoisotopic (exact) mass is 410 g/mol. The second kappa shape index (κ2) is 7.58. The molecule has 148 valence electrons. The molecule has 0 amide bonds. The fraction of sp³-hybridized carbons (Fsp3) is 0.111. The van der Waals surface area contributed by atoms with Gasteiger partial charge in [-0.05, 0) is 34.4 Å². The van der Waals surface area contributed by atoms with E-state index in [0.717, 1.165) is 22.3 Å². The van der Waals surface area contributed by atoms with Crippen LogP contribution >= 0.6 is 0 Å². The van der Waals surface area contributed by atoms with Crippen LogP contribution in [0.5, 0.6) is 0 Å². The third-order valence-electron chi connectivity index (χ3n) is 6.07. The number of hydrogen-bond acceptors (Lipinski definition) is 2. The molecule has 3 unspecified atom stereocenters. The molecule has 0 heterocycles. The molecule has 0 spiro atoms. The van der Waals surface area contributed by atoms with Crippen molar-refractivity contribution in [3.63, 3.8) is 0 Å². The molecule has 30 heavy (non-hydrogen) atoms. The summed E-state index contributed by atoms with van der Waals surface area (Å²) in [7, 11) is -3.59. The standard InChI is InChI=1S/C27H22O2S/c28-30(29,22-16-8-3-9-17-22)27-24-19-11-10-18-23(24)25(20-12-4-1-5-13-20)26(27)21-14-6-2-7-15-21/h1-19,25-27H. The molecule has 0 fully saturated rings. The molecule has 0 saturated heterocycles. The smallest absolute Gasteiger partial charge is 0.186 e. The number of hydrogen-bond donors (Lipinski definition) is 0. The molecule has 4 aromatic rings. The molecule has 3 atom stereocenters. The van der Waals surface area contributed by atoms with E-state index in [1.54, 1.807) is 24.3 Å². The molecule has 0 saturated carbocycles. The van der Waals surface area contributed by atoms with Gasteiger partial charge in [0.05, 0.1) is 10.1 Å². The van der Waals surface area contributed by atoms with E-state index in [1.807, 2.05) is 60.7 Å². The minimum Gasteiger partial charge on any atom is -0.223 e. The summed E-state index contributed by atoms with van der Waals surface area (Å²) < 4.78 is 27.9. The zero-order chi connectivity index (χ0) is 20.6. The van der Waals surface area contributed by atoms with Crippen LogP contribution in [0.25, 0.3) is 0 Å². The number of fused-ring (bicyclic) bond motifs is 1. The van der Waals surface area contributed by atoms with Gasteiger partial charge in [-0.2, -0.15) is 0 Å². The topological polar surface area (TPSA) is 34.1 Å². The Bertz CT molecular complexity index is 1250. The normalized spacial score (nSPS) is 20.6. The molecule has 2 nitrogen and oxygen atoms in total. The zero-order valence-corrected chi connectivity index (χ0v) is 17.2. The van der Waals surface area contributed by atoms with Crippen LogP contribution in [-0.2, 0) is 9.84 Å². The molecular weight excluding hydrogens is 388 g/mol. The van der Waals surface area contributed by atoms with E-state index in [9.17, 15) is 8.42 Å². The van der Waals surface area contributed by atoms with E-state index in [2.05, 4.69) is 30.3 Å². The first-order chi connectivity index (χ1) is 14.7. The van der Waals surface area contributed by atoms with E-state index >= 15 is 0 Å². The third kappa shape index (κ3) is 3.06. The summed E-state index contributed by atoms with van der Waals surface area (Å²) in [6.45, 7) is 0. The van der Waals surface area contributed by atoms with Gasteiger partial charge in [0.1, 0.15) is 0 Å². The Kier molecular flexibility index (Phi) is 4.76. The molecule has 0 aliphatic heterocycles. The van der Waals surface area contributed by atoms with Crippen molar-refractivity contribution in [2.24, 2.45) is 0 Å². The first kappa shape index (κ1) is 18.8. The van der Waals surface area contributed by atoms with Crippen molar-refractivity contribution in [2.75, 3.05) is 0 Å². The number of sulfone groups is 1. The predicted molar refractivity (Wildman–Crippen MR) is 120 cm³/mol. The van der Waals surface area contributed by atoms with Crippen LogP contribution in [0.2, 0.25) is 0 Å². The van der Waals surface area contributed by atoms with Gasteiger partial charge in [-0.1, -0.05) is 103 Å². The highest BCUT2D eigenvalue weighted by Crippen LogP contribution is 2.57. The van der Waals surface area contributed by atoms with E-state index in [0.29, 0.717) is 4.90 Å². The second-order valence-electron chi connectivity index (χ2n) is 7.73. The Labute approximate surface area is 177 Å². The van der Waals surface area contributed by atoms with E-state index < -0.39 is 15.1 Å². The minimum atomic E-state index is -3.59. The molecule has 0 N–H and O–H groups in total. The molecule has 1 aliphatic rings. The lowest BCUT2D eigenvalue weighted by Gasteiger charge is -2.26. The summed E-state index contributed by atoms with van der Waals surface area (Å²) in [4.78, 5) is 0.374. The number of benzene rings is 4. The largest absolute Gasteiger partial charge is 0.223 e. The van der Waals surface area contributed by atoms with Crippen molar-refractivity contribution in [1.82, 2.24) is 0 Å². The Morgan fingerprint density at radius 3 is 1.57 bits per heavy atom. The fourth-order valence-corrected chi connectivity index (χ4v) is 6.90. The van der Waals surface area contributed by atoms with Gasteiger partial charge in [0.25, 0.3) is 0 Å². The predicted octanol–water partition coefficient (Wildman–Crippen LogP) is 6.13. The van der Waals surface area contributed by atoms with Gasteiger partial charge in [-0.25, -0.2) is 8.42 Å². The molecule has 3 heteroatoms. The highest BCUT2D eigenvalue weighted by molar-refractivity contribution is 7.91. The number of rotatable bonds is 4. The van der Waals surface area contributed by atoms with Crippen molar-refractivity contribution < 1.29 is 8.42 Å². The van der Waals surface area contributed by atoms with Gasteiger partial charge in [0.2, 0.25) is 0 Å². The molecule has 5 rings (SSSR count). The lowest BCUT2D eigenvalue weighted by Crippen LogP contribution is -2.20. The van der Waals surface area contributed by atoms with E-state index in [4.69, 9.17) is 0 Å². The van der Waals surface area contributed by atoms with Crippen LogP contribution in [0.1, 0.15) is 39.3 Å². The van der Waals surface area contributed by atoms with Crippen molar-refractivity contribution in [3.8, 4) is 0 Å². The highest BCUT2D eigenvalue weighted by Gasteiger charge is 2.48. The lowest BCUT2D eigenvalue weighted by molar-refractivity contribution is 0.555. The maximum atomic E-state index is 14.0. The first-order valence-corrected chi connectivity index (χ1v) is 11.7. The summed E-state index contributed by atoms with van der Waals surface area (Å²) >= 11 is 0. The van der Waals surface area contributed by atoms with Crippen molar-refractivity contribution in [3.05, 3.63) is 138 Å². The van der Waals surface area contributed by atoms with Gasteiger partial charge in [0, 0.05) is 11.8 Å². The van der Waals surface area contributed by atoms with Crippen LogP contribution in [-0.4, -0.2) is 8.42 Å².